The highest BCUT2D eigenvalue weighted by Crippen LogP contribution is 2.22. The fourth-order valence-corrected chi connectivity index (χ4v) is 1.89. The maximum atomic E-state index is 10.3. The van der Waals surface area contributed by atoms with Gasteiger partial charge in [0.05, 0.1) is 11.7 Å². The molecule has 1 aliphatic heterocycles. The van der Waals surface area contributed by atoms with E-state index in [1.165, 1.54) is 0 Å². The lowest BCUT2D eigenvalue weighted by Gasteiger charge is -2.38. The third-order valence-electron chi connectivity index (χ3n) is 3.36. The largest absolute Gasteiger partial charge is 0.392 e. The van der Waals surface area contributed by atoms with Crippen LogP contribution in [0.5, 0.6) is 0 Å². The first-order chi connectivity index (χ1) is 6.94. The van der Waals surface area contributed by atoms with Gasteiger partial charge in [-0.3, -0.25) is 4.90 Å². The zero-order chi connectivity index (χ0) is 11.5. The predicted octanol–water partition coefficient (Wildman–Crippen LogP) is 0.229. The molecular weight excluding hydrogens is 194 g/mol. The molecule has 15 heavy (non-hydrogen) atoms. The van der Waals surface area contributed by atoms with Crippen LogP contribution in [0.15, 0.2) is 0 Å². The number of hydrogen-bond acceptors (Lipinski definition) is 4. The second-order valence-electron chi connectivity index (χ2n) is 4.73. The molecule has 0 aliphatic carbocycles. The molecule has 0 amide bonds. The Kier molecular flexibility index (Phi) is 4.52. The van der Waals surface area contributed by atoms with E-state index in [2.05, 4.69) is 0 Å². The van der Waals surface area contributed by atoms with Crippen molar-refractivity contribution in [2.45, 2.75) is 44.4 Å². The van der Waals surface area contributed by atoms with Crippen LogP contribution in [-0.4, -0.2) is 59.7 Å². The Balaban J connectivity index is 2.45. The molecule has 2 unspecified atom stereocenters. The quantitative estimate of drug-likeness (QED) is 0.708. The maximum absolute atomic E-state index is 10.3. The number of likely N-dealkylation sites (N-methyl/N-ethyl adjacent to an activating group) is 1. The highest BCUT2D eigenvalue weighted by Gasteiger charge is 2.32. The van der Waals surface area contributed by atoms with Crippen LogP contribution in [0.25, 0.3) is 0 Å². The summed E-state index contributed by atoms with van der Waals surface area (Å²) in [6.07, 6.45) is 0.992. The van der Waals surface area contributed by atoms with Gasteiger partial charge in [0.25, 0.3) is 0 Å². The van der Waals surface area contributed by atoms with E-state index < -0.39 is 5.60 Å². The van der Waals surface area contributed by atoms with Gasteiger partial charge in [-0.2, -0.15) is 0 Å². The molecule has 4 heteroatoms. The average molecular weight is 217 g/mol. The Labute approximate surface area is 91.8 Å². The highest BCUT2D eigenvalue weighted by molar-refractivity contribution is 4.86. The van der Waals surface area contributed by atoms with E-state index in [-0.39, 0.29) is 12.1 Å². The maximum Gasteiger partial charge on any atom is 0.0817 e. The molecule has 0 aromatic carbocycles. The van der Waals surface area contributed by atoms with E-state index in [1.54, 1.807) is 6.92 Å². The number of rotatable bonds is 4. The van der Waals surface area contributed by atoms with Gasteiger partial charge in [-0.25, -0.2) is 0 Å². The van der Waals surface area contributed by atoms with Crippen molar-refractivity contribution < 1.29 is 14.9 Å². The number of aliphatic hydroxyl groups is 2. The molecule has 4 nitrogen and oxygen atoms in total. The van der Waals surface area contributed by atoms with Gasteiger partial charge in [0, 0.05) is 38.6 Å². The van der Waals surface area contributed by atoms with Gasteiger partial charge in [0.15, 0.2) is 0 Å². The monoisotopic (exact) mass is 217 g/mol. The van der Waals surface area contributed by atoms with Crippen molar-refractivity contribution in [2.24, 2.45) is 0 Å². The Bertz CT molecular complexity index is 190. The van der Waals surface area contributed by atoms with E-state index in [0.717, 1.165) is 0 Å². The third-order valence-corrected chi connectivity index (χ3v) is 3.36. The first-order valence-corrected chi connectivity index (χ1v) is 5.63. The molecule has 1 rings (SSSR count). The average Bonchev–Trinajstić information content (AvgIpc) is 2.16. The molecule has 1 saturated heterocycles. The van der Waals surface area contributed by atoms with Gasteiger partial charge in [-0.1, -0.05) is 0 Å². The van der Waals surface area contributed by atoms with Gasteiger partial charge in [-0.15, -0.1) is 0 Å². The van der Waals surface area contributed by atoms with E-state index >= 15 is 0 Å². The molecule has 1 aliphatic rings. The normalized spacial score (nSPS) is 25.2. The van der Waals surface area contributed by atoms with Crippen LogP contribution in [0.3, 0.4) is 0 Å². The lowest BCUT2D eigenvalue weighted by atomic mass is 9.93. The third kappa shape index (κ3) is 3.72. The van der Waals surface area contributed by atoms with Crippen LogP contribution >= 0.6 is 0 Å². The van der Waals surface area contributed by atoms with Crippen LogP contribution in [0.2, 0.25) is 0 Å². The summed E-state index contributed by atoms with van der Waals surface area (Å²) in [6.45, 7) is 5.60. The molecule has 1 fully saturated rings. The molecule has 0 aromatic rings. The molecule has 0 spiro atoms. The first-order valence-electron chi connectivity index (χ1n) is 5.63. The highest BCUT2D eigenvalue weighted by atomic mass is 16.5. The standard InChI is InChI=1S/C11H23NO3/c1-9(10(2)13)12(3)8-11(14)4-6-15-7-5-11/h9-10,13-14H,4-8H2,1-3H3. The molecule has 1 heterocycles. The molecule has 2 atom stereocenters. The van der Waals surface area contributed by atoms with Crippen LogP contribution in [0.1, 0.15) is 26.7 Å². The molecule has 2 N–H and O–H groups in total. The topological polar surface area (TPSA) is 52.9 Å². The zero-order valence-electron chi connectivity index (χ0n) is 9.94. The van der Waals surface area contributed by atoms with Crippen LogP contribution in [-0.2, 0) is 4.74 Å². The van der Waals surface area contributed by atoms with E-state index in [1.807, 2.05) is 18.9 Å². The van der Waals surface area contributed by atoms with Crippen molar-refractivity contribution in [3.05, 3.63) is 0 Å². The van der Waals surface area contributed by atoms with Gasteiger partial charge < -0.3 is 14.9 Å². The van der Waals surface area contributed by atoms with Crippen LogP contribution in [0, 0.1) is 0 Å². The summed E-state index contributed by atoms with van der Waals surface area (Å²) in [5.41, 5.74) is -0.643. The minimum Gasteiger partial charge on any atom is -0.392 e. The Morgan fingerprint density at radius 1 is 1.33 bits per heavy atom. The summed E-state index contributed by atoms with van der Waals surface area (Å²) in [6, 6.07) is 0.0665. The lowest BCUT2D eigenvalue weighted by Crippen LogP contribution is -2.50. The molecule has 0 saturated carbocycles. The van der Waals surface area contributed by atoms with Crippen molar-refractivity contribution in [1.82, 2.24) is 4.90 Å². The van der Waals surface area contributed by atoms with Crippen LogP contribution in [0.4, 0.5) is 0 Å². The fourth-order valence-electron chi connectivity index (χ4n) is 1.89. The molecule has 90 valence electrons. The molecule has 0 aromatic heterocycles. The summed E-state index contributed by atoms with van der Waals surface area (Å²) in [7, 11) is 1.94. The summed E-state index contributed by atoms with van der Waals surface area (Å²) >= 11 is 0. The van der Waals surface area contributed by atoms with Crippen molar-refractivity contribution >= 4 is 0 Å². The van der Waals surface area contributed by atoms with E-state index in [0.29, 0.717) is 32.6 Å². The number of nitrogens with zero attached hydrogens (tertiary/aromatic N) is 1. The van der Waals surface area contributed by atoms with E-state index in [9.17, 15) is 10.2 Å². The summed E-state index contributed by atoms with van der Waals surface area (Å²) in [4.78, 5) is 2.01. The van der Waals surface area contributed by atoms with Gasteiger partial charge in [0.1, 0.15) is 0 Å². The summed E-state index contributed by atoms with van der Waals surface area (Å²) < 4.78 is 5.23. The van der Waals surface area contributed by atoms with Gasteiger partial charge in [-0.05, 0) is 20.9 Å². The number of aliphatic hydroxyl groups excluding tert-OH is 1. The Morgan fingerprint density at radius 3 is 2.33 bits per heavy atom. The minimum absolute atomic E-state index is 0.0665. The second kappa shape index (κ2) is 5.25. The fraction of sp³-hybridized carbons (Fsp3) is 1.00. The smallest absolute Gasteiger partial charge is 0.0817 e. The predicted molar refractivity (Wildman–Crippen MR) is 58.8 cm³/mol. The minimum atomic E-state index is -0.643. The number of ether oxygens (including phenoxy) is 1. The molecule has 0 radical (unpaired) electrons. The van der Waals surface area contributed by atoms with Gasteiger partial charge in [0.2, 0.25) is 0 Å². The second-order valence-corrected chi connectivity index (χ2v) is 4.73. The lowest BCUT2D eigenvalue weighted by molar-refractivity contribution is -0.0856. The molecule has 0 bridgehead atoms. The number of hydrogen-bond donors (Lipinski definition) is 2. The SMILES string of the molecule is CC(O)C(C)N(C)CC1(O)CCOCC1. The first kappa shape index (κ1) is 12.9. The van der Waals surface area contributed by atoms with Crippen molar-refractivity contribution in [1.29, 1.82) is 0 Å². The van der Waals surface area contributed by atoms with Crippen LogP contribution < -0.4 is 0 Å². The van der Waals surface area contributed by atoms with Crippen molar-refractivity contribution in [3.63, 3.8) is 0 Å². The zero-order valence-corrected chi connectivity index (χ0v) is 9.94. The summed E-state index contributed by atoms with van der Waals surface area (Å²) in [5.74, 6) is 0. The molecular formula is C11H23NO3. The van der Waals surface area contributed by atoms with Gasteiger partial charge >= 0.3 is 0 Å². The van der Waals surface area contributed by atoms with Crippen molar-refractivity contribution in [3.8, 4) is 0 Å². The van der Waals surface area contributed by atoms with E-state index in [4.69, 9.17) is 4.74 Å². The van der Waals surface area contributed by atoms with Crippen molar-refractivity contribution in [2.75, 3.05) is 26.8 Å². The summed E-state index contributed by atoms with van der Waals surface area (Å²) in [5, 5.41) is 19.7. The Morgan fingerprint density at radius 2 is 1.87 bits per heavy atom. The Hall–Kier alpha value is -0.160.